The lowest BCUT2D eigenvalue weighted by molar-refractivity contribution is 0.660. The number of fused-ring (bicyclic) bond motifs is 10. The molecule has 0 atom stereocenters. The van der Waals surface area contributed by atoms with E-state index in [1.54, 1.807) is 0 Å². The Kier molecular flexibility index (Phi) is 7.57. The van der Waals surface area contributed by atoms with Crippen molar-refractivity contribution in [3.8, 4) is 39.1 Å². The van der Waals surface area contributed by atoms with E-state index in [9.17, 15) is 0 Å². The molecule has 2 heteroatoms. The van der Waals surface area contributed by atoms with E-state index < -0.39 is 0 Å². The Hall–Kier alpha value is -7.16. The monoisotopic (exact) mass is 782 g/mol. The molecule has 0 amide bonds. The largest absolute Gasteiger partial charge is 0.310 e. The molecular weight excluding hydrogens is 737 g/mol. The van der Waals surface area contributed by atoms with Crippen LogP contribution in [0.25, 0.3) is 71.6 Å². The van der Waals surface area contributed by atoms with Gasteiger partial charge in [0.2, 0.25) is 0 Å². The lowest BCUT2D eigenvalue weighted by atomic mass is 9.81. The van der Waals surface area contributed by atoms with Gasteiger partial charge in [-0.25, -0.2) is 0 Å². The first-order valence-corrected chi connectivity index (χ1v) is 21.6. The summed E-state index contributed by atoms with van der Waals surface area (Å²) in [6, 6.07) is 70.5. The molecule has 61 heavy (non-hydrogen) atoms. The maximum absolute atomic E-state index is 2.46. The molecule has 12 rings (SSSR count). The zero-order valence-electron chi connectivity index (χ0n) is 35.3. The first-order chi connectivity index (χ1) is 29.6. The van der Waals surface area contributed by atoms with Crippen molar-refractivity contribution < 1.29 is 0 Å². The first-order valence-electron chi connectivity index (χ1n) is 21.6. The number of aryl methyl sites for hydroxylation is 1. The van der Waals surface area contributed by atoms with Crippen molar-refractivity contribution in [2.75, 3.05) is 4.90 Å². The first kappa shape index (κ1) is 35.8. The third-order valence-electron chi connectivity index (χ3n) is 14.0. The van der Waals surface area contributed by atoms with Crippen LogP contribution in [0.2, 0.25) is 0 Å². The molecule has 2 aliphatic rings. The van der Waals surface area contributed by atoms with Gasteiger partial charge in [-0.05, 0) is 146 Å². The minimum absolute atomic E-state index is 0.0843. The van der Waals surface area contributed by atoms with Gasteiger partial charge in [0.15, 0.2) is 0 Å². The summed E-state index contributed by atoms with van der Waals surface area (Å²) in [6.45, 7) is 11.7. The summed E-state index contributed by atoms with van der Waals surface area (Å²) in [5, 5.41) is 5.04. The van der Waals surface area contributed by atoms with Crippen LogP contribution in [0.5, 0.6) is 0 Å². The normalized spacial score (nSPS) is 14.2. The van der Waals surface area contributed by atoms with Gasteiger partial charge in [0.25, 0.3) is 0 Å². The molecule has 0 saturated heterocycles. The Balaban J connectivity index is 0.944. The quantitative estimate of drug-likeness (QED) is 0.169. The van der Waals surface area contributed by atoms with E-state index >= 15 is 0 Å². The van der Waals surface area contributed by atoms with E-state index in [2.05, 4.69) is 232 Å². The van der Waals surface area contributed by atoms with E-state index in [1.807, 2.05) is 0 Å². The fourth-order valence-corrected chi connectivity index (χ4v) is 10.8. The van der Waals surface area contributed by atoms with Crippen molar-refractivity contribution in [1.82, 2.24) is 4.57 Å². The number of para-hydroxylation sites is 1. The second-order valence-electron chi connectivity index (χ2n) is 18.3. The minimum atomic E-state index is -0.201. The third-order valence-corrected chi connectivity index (χ3v) is 14.0. The van der Waals surface area contributed by atoms with Crippen molar-refractivity contribution in [1.29, 1.82) is 0 Å². The lowest BCUT2D eigenvalue weighted by Gasteiger charge is -2.30. The zero-order valence-corrected chi connectivity index (χ0v) is 35.3. The number of hydrogen-bond donors (Lipinski definition) is 0. The van der Waals surface area contributed by atoms with Crippen molar-refractivity contribution in [2.45, 2.75) is 45.4 Å². The van der Waals surface area contributed by atoms with Gasteiger partial charge in [0, 0.05) is 44.4 Å². The highest BCUT2D eigenvalue weighted by Crippen LogP contribution is 2.54. The van der Waals surface area contributed by atoms with E-state index in [1.165, 1.54) is 111 Å². The summed E-state index contributed by atoms with van der Waals surface area (Å²) in [4.78, 5) is 2.45. The molecule has 0 bridgehead atoms. The summed E-state index contributed by atoms with van der Waals surface area (Å²) < 4.78 is 2.42. The van der Waals surface area contributed by atoms with Crippen LogP contribution < -0.4 is 4.90 Å². The molecule has 1 heterocycles. The van der Waals surface area contributed by atoms with Gasteiger partial charge in [-0.2, -0.15) is 0 Å². The number of aromatic nitrogens is 1. The van der Waals surface area contributed by atoms with Gasteiger partial charge < -0.3 is 9.47 Å². The Morgan fingerprint density at radius 1 is 0.377 bits per heavy atom. The van der Waals surface area contributed by atoms with Crippen LogP contribution in [0.15, 0.2) is 188 Å². The summed E-state index contributed by atoms with van der Waals surface area (Å²) in [6.07, 6.45) is 0. The summed E-state index contributed by atoms with van der Waals surface area (Å²) in [5.74, 6) is 0. The number of rotatable bonds is 5. The number of anilines is 3. The van der Waals surface area contributed by atoms with Crippen LogP contribution in [0.3, 0.4) is 0 Å². The van der Waals surface area contributed by atoms with Crippen molar-refractivity contribution >= 4 is 49.6 Å². The Labute approximate surface area is 358 Å². The second kappa shape index (κ2) is 12.9. The molecule has 0 unspecified atom stereocenters. The number of hydrogen-bond acceptors (Lipinski definition) is 1. The molecule has 0 aliphatic heterocycles. The van der Waals surface area contributed by atoms with Crippen molar-refractivity contribution in [3.05, 3.63) is 216 Å². The van der Waals surface area contributed by atoms with Gasteiger partial charge >= 0.3 is 0 Å². The molecule has 2 nitrogen and oxygen atoms in total. The summed E-state index contributed by atoms with van der Waals surface area (Å²) in [7, 11) is 0. The molecule has 2 aliphatic carbocycles. The highest BCUT2D eigenvalue weighted by Gasteiger charge is 2.38. The average molecular weight is 783 g/mol. The Morgan fingerprint density at radius 3 is 1.67 bits per heavy atom. The smallest absolute Gasteiger partial charge is 0.0541 e. The maximum atomic E-state index is 2.46. The molecule has 9 aromatic carbocycles. The Bertz CT molecular complexity index is 3430. The average Bonchev–Trinajstić information content (AvgIpc) is 3.83. The van der Waals surface area contributed by atoms with Gasteiger partial charge in [-0.15, -0.1) is 0 Å². The van der Waals surface area contributed by atoms with Crippen molar-refractivity contribution in [3.63, 3.8) is 0 Å². The molecule has 0 radical (unpaired) electrons. The molecule has 292 valence electrons. The maximum Gasteiger partial charge on any atom is 0.0541 e. The summed E-state index contributed by atoms with van der Waals surface area (Å²) >= 11 is 0. The van der Waals surface area contributed by atoms with Gasteiger partial charge in [0.1, 0.15) is 0 Å². The predicted octanol–water partition coefficient (Wildman–Crippen LogP) is 16.0. The van der Waals surface area contributed by atoms with E-state index in [-0.39, 0.29) is 10.8 Å². The SMILES string of the molecule is Cc1ccc(N(c2ccc3c(c2)C(C)(C)c2ccccc2-3)c2ccc3c(c2)C(C)(C)c2cc(-c4ccc5c(c4)c4ccccc4n5-c4ccc5ccccc5c4)ccc2-3)cc1. The van der Waals surface area contributed by atoms with Crippen molar-refractivity contribution in [2.24, 2.45) is 0 Å². The standard InChI is InChI=1S/C59H46N2/c1-37-18-23-42(24-19-37)60(44-26-29-48-46-14-8-10-16-52(46)58(2,3)54(48)35-44)45-27-30-49-47-28-21-41(34-53(47)59(4,5)55(49)36-45)40-22-31-57-51(33-40)50-15-9-11-17-56(50)61(57)43-25-20-38-12-6-7-13-39(38)32-43/h6-36H,1-5H3. The van der Waals surface area contributed by atoms with Crippen LogP contribution in [0.4, 0.5) is 17.1 Å². The third kappa shape index (κ3) is 5.28. The topological polar surface area (TPSA) is 8.17 Å². The predicted molar refractivity (Wildman–Crippen MR) is 258 cm³/mol. The van der Waals surface area contributed by atoms with E-state index in [0.29, 0.717) is 0 Å². The molecule has 0 spiro atoms. The van der Waals surface area contributed by atoms with Crippen LogP contribution >= 0.6 is 0 Å². The fourth-order valence-electron chi connectivity index (χ4n) is 10.8. The lowest BCUT2D eigenvalue weighted by Crippen LogP contribution is -2.18. The molecule has 0 fully saturated rings. The van der Waals surface area contributed by atoms with E-state index in [4.69, 9.17) is 0 Å². The summed E-state index contributed by atoms with van der Waals surface area (Å²) in [5.41, 5.74) is 21.4. The molecular formula is C59H46N2. The number of nitrogens with zero attached hydrogens (tertiary/aromatic N) is 2. The highest BCUT2D eigenvalue weighted by molar-refractivity contribution is 6.11. The highest BCUT2D eigenvalue weighted by atomic mass is 15.1. The Morgan fingerprint density at radius 2 is 0.918 bits per heavy atom. The molecule has 1 aromatic heterocycles. The van der Waals surface area contributed by atoms with E-state index in [0.717, 1.165) is 5.69 Å². The van der Waals surface area contributed by atoms with Gasteiger partial charge in [-0.3, -0.25) is 0 Å². The number of benzene rings is 9. The van der Waals surface area contributed by atoms with Crippen LogP contribution in [0, 0.1) is 6.92 Å². The van der Waals surface area contributed by atoms with Crippen LogP contribution in [0.1, 0.15) is 55.5 Å². The van der Waals surface area contributed by atoms with Gasteiger partial charge in [0.05, 0.1) is 11.0 Å². The second-order valence-corrected chi connectivity index (χ2v) is 18.3. The minimum Gasteiger partial charge on any atom is -0.310 e. The zero-order chi connectivity index (χ0) is 41.2. The van der Waals surface area contributed by atoms with Gasteiger partial charge in [-0.1, -0.05) is 149 Å². The molecule has 0 N–H and O–H groups in total. The molecule has 10 aromatic rings. The van der Waals surface area contributed by atoms with Crippen LogP contribution in [-0.4, -0.2) is 4.57 Å². The fraction of sp³-hybridized carbons (Fsp3) is 0.119. The van der Waals surface area contributed by atoms with Crippen LogP contribution in [-0.2, 0) is 10.8 Å². The molecule has 0 saturated carbocycles.